The largest absolute Gasteiger partial charge is 0.350 e. The molecule has 1 rings (SSSR count). The van der Waals surface area contributed by atoms with Crippen molar-refractivity contribution in [3.05, 3.63) is 35.4 Å². The molecule has 1 aromatic rings. The highest BCUT2D eigenvalue weighted by atomic mass is 19.1. The van der Waals surface area contributed by atoms with Gasteiger partial charge in [0.05, 0.1) is 13.1 Å². The third-order valence-electron chi connectivity index (χ3n) is 3.57. The summed E-state index contributed by atoms with van der Waals surface area (Å²) in [6, 6.07) is 3.69. The van der Waals surface area contributed by atoms with E-state index < -0.39 is 11.6 Å². The fraction of sp³-hybridized carbons (Fsp3) is 0.556. The van der Waals surface area contributed by atoms with Crippen LogP contribution in [-0.2, 0) is 16.1 Å². The van der Waals surface area contributed by atoms with Crippen molar-refractivity contribution >= 4 is 11.8 Å². The molecule has 0 fully saturated rings. The van der Waals surface area contributed by atoms with Crippen LogP contribution in [0.4, 0.5) is 8.78 Å². The smallest absolute Gasteiger partial charge is 0.240 e. The predicted octanol–water partition coefficient (Wildman–Crippen LogP) is 2.16. The first-order valence-corrected chi connectivity index (χ1v) is 8.23. The fourth-order valence-corrected chi connectivity index (χ4v) is 2.26. The summed E-state index contributed by atoms with van der Waals surface area (Å²) in [6.07, 6.45) is 0. The van der Waals surface area contributed by atoms with Crippen LogP contribution in [0.1, 0.15) is 33.3 Å². The summed E-state index contributed by atoms with van der Waals surface area (Å²) < 4.78 is 27.5. The predicted molar refractivity (Wildman–Crippen MR) is 92.8 cm³/mol. The third-order valence-corrected chi connectivity index (χ3v) is 3.57. The average Bonchev–Trinajstić information content (AvgIpc) is 2.47. The molecule has 0 unspecified atom stereocenters. The average molecular weight is 355 g/mol. The van der Waals surface area contributed by atoms with Gasteiger partial charge in [-0.2, -0.15) is 0 Å². The Bertz CT molecular complexity index is 595. The zero-order valence-corrected chi connectivity index (χ0v) is 15.5. The zero-order valence-electron chi connectivity index (χ0n) is 15.5. The molecular weight excluding hydrogens is 328 g/mol. The number of nitrogens with one attached hydrogen (secondary N) is 1. The van der Waals surface area contributed by atoms with Crippen molar-refractivity contribution < 1.29 is 18.4 Å². The number of nitrogens with zero attached hydrogens (tertiary/aromatic N) is 2. The maximum Gasteiger partial charge on any atom is 0.240 e. The number of benzene rings is 1. The molecular formula is C18H27F2N3O2. The Morgan fingerprint density at radius 1 is 1.12 bits per heavy atom. The molecule has 5 nitrogen and oxygen atoms in total. The van der Waals surface area contributed by atoms with Gasteiger partial charge >= 0.3 is 0 Å². The number of halogens is 2. The molecule has 1 aromatic carbocycles. The molecule has 0 atom stereocenters. The van der Waals surface area contributed by atoms with Crippen molar-refractivity contribution in [1.82, 2.24) is 15.1 Å². The number of likely N-dealkylation sites (N-methyl/N-ethyl adjacent to an activating group) is 2. The monoisotopic (exact) mass is 355 g/mol. The van der Waals surface area contributed by atoms with Gasteiger partial charge in [0.15, 0.2) is 0 Å². The molecule has 0 saturated heterocycles. The quantitative estimate of drug-likeness (QED) is 0.816. The summed E-state index contributed by atoms with van der Waals surface area (Å²) in [7, 11) is 1.53. The second-order valence-corrected chi connectivity index (χ2v) is 7.05. The van der Waals surface area contributed by atoms with Gasteiger partial charge in [-0.25, -0.2) is 8.78 Å². The summed E-state index contributed by atoms with van der Waals surface area (Å²) in [6.45, 7) is 7.71. The lowest BCUT2D eigenvalue weighted by Gasteiger charge is -2.26. The molecule has 0 aliphatic heterocycles. The molecule has 0 radical (unpaired) electrons. The van der Waals surface area contributed by atoms with Crippen LogP contribution in [0.2, 0.25) is 0 Å². The van der Waals surface area contributed by atoms with E-state index in [0.29, 0.717) is 6.54 Å². The number of amides is 2. The number of carbonyl (C=O) groups excluding carboxylic acids is 2. The van der Waals surface area contributed by atoms with Crippen LogP contribution >= 0.6 is 0 Å². The molecule has 25 heavy (non-hydrogen) atoms. The van der Waals surface area contributed by atoms with Gasteiger partial charge in [0.25, 0.3) is 0 Å². The SMILES string of the molecule is CCN(CC(=O)N(C)CC(=O)NC(C)(C)C)Cc1c(F)cccc1F. The fourth-order valence-electron chi connectivity index (χ4n) is 2.26. The highest BCUT2D eigenvalue weighted by Crippen LogP contribution is 2.14. The van der Waals surface area contributed by atoms with Crippen molar-refractivity contribution in [2.24, 2.45) is 0 Å². The molecule has 0 bridgehead atoms. The van der Waals surface area contributed by atoms with Gasteiger partial charge in [-0.1, -0.05) is 13.0 Å². The van der Waals surface area contributed by atoms with Crippen molar-refractivity contribution in [2.75, 3.05) is 26.7 Å². The Labute approximate surface area is 148 Å². The molecule has 0 aliphatic carbocycles. The first-order valence-electron chi connectivity index (χ1n) is 8.23. The second-order valence-electron chi connectivity index (χ2n) is 7.05. The molecule has 140 valence electrons. The number of rotatable bonds is 7. The molecule has 2 amide bonds. The van der Waals surface area contributed by atoms with Crippen molar-refractivity contribution in [1.29, 1.82) is 0 Å². The van der Waals surface area contributed by atoms with Gasteiger partial charge in [-0.3, -0.25) is 14.5 Å². The van der Waals surface area contributed by atoms with Crippen LogP contribution in [0.15, 0.2) is 18.2 Å². The van der Waals surface area contributed by atoms with E-state index in [1.807, 2.05) is 20.8 Å². The highest BCUT2D eigenvalue weighted by molar-refractivity contribution is 5.85. The van der Waals surface area contributed by atoms with Crippen LogP contribution in [0.3, 0.4) is 0 Å². The summed E-state index contributed by atoms with van der Waals surface area (Å²) in [5.74, 6) is -1.82. The van der Waals surface area contributed by atoms with Gasteiger partial charge in [0, 0.05) is 24.7 Å². The van der Waals surface area contributed by atoms with Gasteiger partial charge in [-0.15, -0.1) is 0 Å². The third kappa shape index (κ3) is 7.17. The van der Waals surface area contributed by atoms with E-state index in [-0.39, 0.29) is 42.6 Å². The van der Waals surface area contributed by atoms with Gasteiger partial charge in [0.1, 0.15) is 11.6 Å². The number of carbonyl (C=O) groups is 2. The highest BCUT2D eigenvalue weighted by Gasteiger charge is 2.20. The molecule has 0 aliphatic rings. The van der Waals surface area contributed by atoms with Crippen molar-refractivity contribution in [3.8, 4) is 0 Å². The lowest BCUT2D eigenvalue weighted by Crippen LogP contribution is -2.47. The van der Waals surface area contributed by atoms with Crippen LogP contribution < -0.4 is 5.32 Å². The van der Waals surface area contributed by atoms with Crippen LogP contribution in [0.5, 0.6) is 0 Å². The second kappa shape index (κ2) is 8.89. The topological polar surface area (TPSA) is 52.7 Å². The Balaban J connectivity index is 2.65. The van der Waals surface area contributed by atoms with E-state index in [2.05, 4.69) is 5.32 Å². The summed E-state index contributed by atoms with van der Waals surface area (Å²) in [5, 5.41) is 2.78. The van der Waals surface area contributed by atoms with Crippen molar-refractivity contribution in [3.63, 3.8) is 0 Å². The van der Waals surface area contributed by atoms with Crippen LogP contribution in [0.25, 0.3) is 0 Å². The van der Waals surface area contributed by atoms with Crippen LogP contribution in [0, 0.1) is 11.6 Å². The summed E-state index contributed by atoms with van der Waals surface area (Å²) in [5.41, 5.74) is -0.441. The number of hydrogen-bond acceptors (Lipinski definition) is 3. The summed E-state index contributed by atoms with van der Waals surface area (Å²) in [4.78, 5) is 27.1. The van der Waals surface area contributed by atoms with Gasteiger partial charge < -0.3 is 10.2 Å². The minimum Gasteiger partial charge on any atom is -0.350 e. The molecule has 1 N–H and O–H groups in total. The first-order chi connectivity index (χ1) is 11.5. The lowest BCUT2D eigenvalue weighted by molar-refractivity contribution is -0.136. The van der Waals surface area contributed by atoms with E-state index in [9.17, 15) is 18.4 Å². The van der Waals surface area contributed by atoms with E-state index >= 15 is 0 Å². The minimum absolute atomic E-state index is 0.0111. The molecule has 0 aromatic heterocycles. The van der Waals surface area contributed by atoms with Gasteiger partial charge in [0.2, 0.25) is 11.8 Å². The van der Waals surface area contributed by atoms with E-state index in [1.54, 1.807) is 11.8 Å². The molecule has 7 heteroatoms. The maximum atomic E-state index is 13.8. The summed E-state index contributed by atoms with van der Waals surface area (Å²) >= 11 is 0. The van der Waals surface area contributed by atoms with E-state index in [1.165, 1.54) is 30.1 Å². The Morgan fingerprint density at radius 3 is 2.16 bits per heavy atom. The molecule has 0 heterocycles. The van der Waals surface area contributed by atoms with E-state index in [0.717, 1.165) is 0 Å². The van der Waals surface area contributed by atoms with E-state index in [4.69, 9.17) is 0 Å². The molecule has 0 saturated carbocycles. The number of hydrogen-bond donors (Lipinski definition) is 1. The maximum absolute atomic E-state index is 13.8. The van der Waals surface area contributed by atoms with Crippen molar-refractivity contribution in [2.45, 2.75) is 39.8 Å². The Kier molecular flexibility index (Phi) is 7.48. The zero-order chi connectivity index (χ0) is 19.2. The van der Waals surface area contributed by atoms with Gasteiger partial charge in [-0.05, 0) is 39.4 Å². The standard InChI is InChI=1S/C18H27F2N3O2/c1-6-23(10-13-14(19)8-7-9-15(13)20)12-17(25)22(5)11-16(24)21-18(2,3)4/h7-9H,6,10-12H2,1-5H3,(H,21,24). The normalized spacial score (nSPS) is 11.5. The minimum atomic E-state index is -0.635. The lowest BCUT2D eigenvalue weighted by atomic mass is 10.1. The Morgan fingerprint density at radius 2 is 1.68 bits per heavy atom. The Hall–Kier alpha value is -2.02. The first kappa shape index (κ1) is 21.0. The molecule has 0 spiro atoms. The van der Waals surface area contributed by atoms with Crippen LogP contribution in [-0.4, -0.2) is 53.8 Å².